The molecule has 0 unspecified atom stereocenters. The molecule has 1 heterocycles. The largest absolute Gasteiger partial charge is 0.377 e. The molecular formula is C10H18O4. The topological polar surface area (TPSA) is 36.9 Å². The molecule has 1 aliphatic heterocycles. The fourth-order valence-corrected chi connectivity index (χ4v) is 0.997. The van der Waals surface area contributed by atoms with Crippen molar-refractivity contribution in [3.05, 3.63) is 12.2 Å². The molecule has 0 N–H and O–H groups in total. The van der Waals surface area contributed by atoms with Crippen LogP contribution in [0.15, 0.2) is 12.2 Å². The molecule has 0 aromatic carbocycles. The van der Waals surface area contributed by atoms with Crippen molar-refractivity contribution in [3.63, 3.8) is 0 Å². The maximum Gasteiger partial charge on any atom is 0.0704 e. The highest BCUT2D eigenvalue weighted by molar-refractivity contribution is 4.81. The predicted octanol–water partition coefficient (Wildman–Crippen LogP) is 0.623. The van der Waals surface area contributed by atoms with Gasteiger partial charge in [0, 0.05) is 0 Å². The van der Waals surface area contributed by atoms with Crippen molar-refractivity contribution in [2.45, 2.75) is 0 Å². The molecule has 0 aromatic rings. The molecule has 0 bridgehead atoms. The standard InChI is InChI=1S/C10H18O4/c1-2-4-12-6-8-14-10-9-13-7-5-11-3-1/h1-2H,3-10H2/b2-1-. The average Bonchev–Trinajstić information content (AvgIpc) is 2.22. The van der Waals surface area contributed by atoms with Gasteiger partial charge in [-0.1, -0.05) is 12.2 Å². The van der Waals surface area contributed by atoms with Crippen LogP contribution in [-0.2, 0) is 18.9 Å². The smallest absolute Gasteiger partial charge is 0.0704 e. The molecule has 0 saturated heterocycles. The highest BCUT2D eigenvalue weighted by Gasteiger charge is 1.92. The highest BCUT2D eigenvalue weighted by atomic mass is 16.6. The van der Waals surface area contributed by atoms with E-state index in [9.17, 15) is 0 Å². The van der Waals surface area contributed by atoms with Gasteiger partial charge in [0.25, 0.3) is 0 Å². The van der Waals surface area contributed by atoms with Gasteiger partial charge in [0.15, 0.2) is 0 Å². The Bertz CT molecular complexity index is 131. The number of hydrogen-bond acceptors (Lipinski definition) is 4. The van der Waals surface area contributed by atoms with E-state index in [1.165, 1.54) is 0 Å². The van der Waals surface area contributed by atoms with Crippen LogP contribution >= 0.6 is 0 Å². The normalized spacial score (nSPS) is 25.1. The van der Waals surface area contributed by atoms with Crippen molar-refractivity contribution in [2.24, 2.45) is 0 Å². The molecule has 4 heteroatoms. The lowest BCUT2D eigenvalue weighted by molar-refractivity contribution is 0.00227. The summed E-state index contributed by atoms with van der Waals surface area (Å²) in [5.41, 5.74) is 0. The summed E-state index contributed by atoms with van der Waals surface area (Å²) in [6, 6.07) is 0. The zero-order chi connectivity index (χ0) is 9.90. The van der Waals surface area contributed by atoms with Crippen LogP contribution in [0, 0.1) is 0 Å². The average molecular weight is 202 g/mol. The van der Waals surface area contributed by atoms with E-state index in [0.29, 0.717) is 52.9 Å². The molecule has 0 amide bonds. The maximum absolute atomic E-state index is 5.27. The second kappa shape index (κ2) is 9.15. The Kier molecular flexibility index (Phi) is 7.61. The van der Waals surface area contributed by atoms with E-state index in [1.54, 1.807) is 0 Å². The minimum Gasteiger partial charge on any atom is -0.377 e. The van der Waals surface area contributed by atoms with Gasteiger partial charge >= 0.3 is 0 Å². The molecule has 0 saturated carbocycles. The lowest BCUT2D eigenvalue weighted by atomic mass is 10.5. The van der Waals surface area contributed by atoms with E-state index >= 15 is 0 Å². The van der Waals surface area contributed by atoms with Gasteiger partial charge in [0.1, 0.15) is 0 Å². The van der Waals surface area contributed by atoms with Gasteiger partial charge in [0.05, 0.1) is 52.9 Å². The lowest BCUT2D eigenvalue weighted by Gasteiger charge is -2.07. The van der Waals surface area contributed by atoms with Crippen molar-refractivity contribution in [2.75, 3.05) is 52.9 Å². The number of hydrogen-bond donors (Lipinski definition) is 0. The first kappa shape index (κ1) is 11.7. The Morgan fingerprint density at radius 2 is 0.857 bits per heavy atom. The summed E-state index contributed by atoms with van der Waals surface area (Å²) in [5.74, 6) is 0. The third kappa shape index (κ3) is 7.03. The molecule has 14 heavy (non-hydrogen) atoms. The van der Waals surface area contributed by atoms with Gasteiger partial charge in [-0.15, -0.1) is 0 Å². The van der Waals surface area contributed by atoms with Crippen molar-refractivity contribution in [1.82, 2.24) is 0 Å². The quantitative estimate of drug-likeness (QED) is 0.540. The van der Waals surface area contributed by atoms with Gasteiger partial charge in [-0.2, -0.15) is 0 Å². The molecular weight excluding hydrogens is 184 g/mol. The maximum atomic E-state index is 5.27. The van der Waals surface area contributed by atoms with E-state index in [1.807, 2.05) is 12.2 Å². The summed E-state index contributed by atoms with van der Waals surface area (Å²) in [6.07, 6.45) is 3.90. The Labute approximate surface area is 84.8 Å². The fourth-order valence-electron chi connectivity index (χ4n) is 0.997. The van der Waals surface area contributed by atoms with Crippen LogP contribution in [0.1, 0.15) is 0 Å². The third-order valence-electron chi connectivity index (χ3n) is 1.71. The molecule has 0 atom stereocenters. The fraction of sp³-hybridized carbons (Fsp3) is 0.800. The summed E-state index contributed by atoms with van der Waals surface area (Å²) in [4.78, 5) is 0. The second-order valence-corrected chi connectivity index (χ2v) is 2.85. The molecule has 82 valence electrons. The molecule has 4 nitrogen and oxygen atoms in total. The van der Waals surface area contributed by atoms with Gasteiger partial charge < -0.3 is 18.9 Å². The third-order valence-corrected chi connectivity index (χ3v) is 1.71. The van der Waals surface area contributed by atoms with Crippen LogP contribution in [-0.4, -0.2) is 52.9 Å². The van der Waals surface area contributed by atoms with Crippen molar-refractivity contribution in [3.8, 4) is 0 Å². The minimum absolute atomic E-state index is 0.624. The van der Waals surface area contributed by atoms with Gasteiger partial charge in [0.2, 0.25) is 0 Å². The van der Waals surface area contributed by atoms with Crippen LogP contribution in [0.5, 0.6) is 0 Å². The molecule has 0 fully saturated rings. The Balaban J connectivity index is 2.09. The molecule has 1 aliphatic rings. The summed E-state index contributed by atoms with van der Waals surface area (Å²) >= 11 is 0. The SMILES string of the molecule is C1=C\COCCOCCOCCOC/1. The van der Waals surface area contributed by atoms with Crippen molar-refractivity contribution in [1.29, 1.82) is 0 Å². The first-order valence-electron chi connectivity index (χ1n) is 4.96. The zero-order valence-corrected chi connectivity index (χ0v) is 8.44. The Morgan fingerprint density at radius 1 is 0.500 bits per heavy atom. The van der Waals surface area contributed by atoms with E-state index in [0.717, 1.165) is 0 Å². The Morgan fingerprint density at radius 3 is 1.29 bits per heavy atom. The summed E-state index contributed by atoms with van der Waals surface area (Å²) < 4.78 is 21.1. The first-order chi connectivity index (χ1) is 7.00. The van der Waals surface area contributed by atoms with Crippen LogP contribution in [0.4, 0.5) is 0 Å². The molecule has 0 aromatic heterocycles. The monoisotopic (exact) mass is 202 g/mol. The molecule has 0 spiro atoms. The minimum atomic E-state index is 0.624. The van der Waals surface area contributed by atoms with Gasteiger partial charge in [-0.25, -0.2) is 0 Å². The second-order valence-electron chi connectivity index (χ2n) is 2.85. The predicted molar refractivity (Wildman–Crippen MR) is 52.4 cm³/mol. The summed E-state index contributed by atoms with van der Waals surface area (Å²) in [6.45, 7) is 5.03. The highest BCUT2D eigenvalue weighted by Crippen LogP contribution is 1.86. The van der Waals surface area contributed by atoms with Crippen LogP contribution in [0.3, 0.4) is 0 Å². The first-order valence-corrected chi connectivity index (χ1v) is 4.96. The van der Waals surface area contributed by atoms with E-state index in [4.69, 9.17) is 18.9 Å². The summed E-state index contributed by atoms with van der Waals surface area (Å²) in [7, 11) is 0. The van der Waals surface area contributed by atoms with E-state index in [2.05, 4.69) is 0 Å². The van der Waals surface area contributed by atoms with Crippen molar-refractivity contribution >= 4 is 0 Å². The van der Waals surface area contributed by atoms with Crippen LogP contribution in [0.25, 0.3) is 0 Å². The zero-order valence-electron chi connectivity index (χ0n) is 8.44. The van der Waals surface area contributed by atoms with Crippen molar-refractivity contribution < 1.29 is 18.9 Å². The number of rotatable bonds is 0. The van der Waals surface area contributed by atoms with Gasteiger partial charge in [-0.05, 0) is 0 Å². The lowest BCUT2D eigenvalue weighted by Crippen LogP contribution is -2.12. The van der Waals surface area contributed by atoms with Crippen LogP contribution < -0.4 is 0 Å². The number of ether oxygens (including phenoxy) is 4. The molecule has 1 rings (SSSR count). The van der Waals surface area contributed by atoms with E-state index < -0.39 is 0 Å². The Hall–Kier alpha value is -0.420. The molecule has 0 radical (unpaired) electrons. The summed E-state index contributed by atoms with van der Waals surface area (Å²) in [5, 5.41) is 0. The van der Waals surface area contributed by atoms with Gasteiger partial charge in [-0.3, -0.25) is 0 Å². The molecule has 0 aliphatic carbocycles. The van der Waals surface area contributed by atoms with E-state index in [-0.39, 0.29) is 0 Å². The van der Waals surface area contributed by atoms with Crippen LogP contribution in [0.2, 0.25) is 0 Å².